The van der Waals surface area contributed by atoms with Gasteiger partial charge in [0.25, 0.3) is 0 Å². The Balaban J connectivity index is 1.99. The van der Waals surface area contributed by atoms with Crippen molar-refractivity contribution in [3.8, 4) is 0 Å². The van der Waals surface area contributed by atoms with Gasteiger partial charge in [-0.1, -0.05) is 34.5 Å². The third-order valence-corrected chi connectivity index (χ3v) is 4.80. The van der Waals surface area contributed by atoms with Gasteiger partial charge in [0.2, 0.25) is 0 Å². The molecular formula is C12H13Cl2N3S. The third kappa shape index (κ3) is 2.43. The topological polar surface area (TPSA) is 28.2 Å². The summed E-state index contributed by atoms with van der Waals surface area (Å²) in [5, 5.41) is 5.76. The summed E-state index contributed by atoms with van der Waals surface area (Å²) in [6, 6.07) is 3.65. The highest BCUT2D eigenvalue weighted by molar-refractivity contribution is 7.22. The summed E-state index contributed by atoms with van der Waals surface area (Å²) in [5.74, 6) is 0. The summed E-state index contributed by atoms with van der Waals surface area (Å²) >= 11 is 13.8. The molecule has 0 radical (unpaired) electrons. The van der Waals surface area contributed by atoms with Gasteiger partial charge in [0.1, 0.15) is 0 Å². The maximum absolute atomic E-state index is 6.20. The van der Waals surface area contributed by atoms with E-state index in [2.05, 4.69) is 15.2 Å². The number of nitrogens with one attached hydrogen (secondary N) is 1. The van der Waals surface area contributed by atoms with Crippen LogP contribution in [-0.4, -0.2) is 31.2 Å². The fourth-order valence-electron chi connectivity index (χ4n) is 2.12. The van der Waals surface area contributed by atoms with Gasteiger partial charge in [0.15, 0.2) is 5.13 Å². The molecule has 1 aliphatic rings. The predicted octanol–water partition coefficient (Wildman–Crippen LogP) is 3.40. The van der Waals surface area contributed by atoms with Gasteiger partial charge >= 0.3 is 0 Å². The Morgan fingerprint density at radius 1 is 1.22 bits per heavy atom. The summed E-state index contributed by atoms with van der Waals surface area (Å²) in [6.07, 6.45) is 1.14. The second kappa shape index (κ2) is 5.21. The molecule has 2 heterocycles. The molecule has 1 aliphatic heterocycles. The molecule has 0 bridgehead atoms. The van der Waals surface area contributed by atoms with E-state index in [1.807, 2.05) is 6.07 Å². The Hall–Kier alpha value is -0.550. The number of hydrogen-bond acceptors (Lipinski definition) is 4. The van der Waals surface area contributed by atoms with Crippen molar-refractivity contribution in [2.45, 2.75) is 6.42 Å². The summed E-state index contributed by atoms with van der Waals surface area (Å²) in [4.78, 5) is 6.96. The van der Waals surface area contributed by atoms with Gasteiger partial charge in [-0.25, -0.2) is 4.98 Å². The minimum atomic E-state index is 0.641. The van der Waals surface area contributed by atoms with Gasteiger partial charge in [-0.2, -0.15) is 0 Å². The smallest absolute Gasteiger partial charge is 0.186 e. The van der Waals surface area contributed by atoms with E-state index in [4.69, 9.17) is 23.2 Å². The molecule has 0 atom stereocenters. The number of aromatic nitrogens is 1. The zero-order valence-electron chi connectivity index (χ0n) is 9.75. The van der Waals surface area contributed by atoms with Gasteiger partial charge in [0, 0.05) is 24.7 Å². The number of rotatable bonds is 1. The number of halogens is 2. The minimum Gasteiger partial charge on any atom is -0.347 e. The largest absolute Gasteiger partial charge is 0.347 e. The molecule has 6 heteroatoms. The van der Waals surface area contributed by atoms with Crippen molar-refractivity contribution in [2.75, 3.05) is 31.1 Å². The van der Waals surface area contributed by atoms with Gasteiger partial charge < -0.3 is 10.2 Å². The first-order valence-electron chi connectivity index (χ1n) is 5.95. The van der Waals surface area contributed by atoms with Crippen LogP contribution in [-0.2, 0) is 0 Å². The molecule has 1 aromatic carbocycles. The number of fused-ring (bicyclic) bond motifs is 1. The van der Waals surface area contributed by atoms with Crippen LogP contribution in [0.1, 0.15) is 6.42 Å². The molecular weight excluding hydrogens is 289 g/mol. The molecule has 0 unspecified atom stereocenters. The van der Waals surface area contributed by atoms with E-state index in [0.29, 0.717) is 10.0 Å². The van der Waals surface area contributed by atoms with Crippen LogP contribution in [0.5, 0.6) is 0 Å². The molecule has 1 fully saturated rings. The van der Waals surface area contributed by atoms with E-state index in [0.717, 1.165) is 47.9 Å². The molecule has 0 amide bonds. The molecule has 0 aliphatic carbocycles. The Morgan fingerprint density at radius 2 is 2.11 bits per heavy atom. The molecule has 18 heavy (non-hydrogen) atoms. The number of nitrogens with zero attached hydrogens (tertiary/aromatic N) is 2. The molecule has 1 aromatic heterocycles. The van der Waals surface area contributed by atoms with Crippen LogP contribution in [0.3, 0.4) is 0 Å². The lowest BCUT2D eigenvalue weighted by Crippen LogP contribution is -2.27. The molecule has 2 aromatic rings. The Kier molecular flexibility index (Phi) is 3.61. The van der Waals surface area contributed by atoms with Crippen molar-refractivity contribution in [1.29, 1.82) is 0 Å². The third-order valence-electron chi connectivity index (χ3n) is 3.01. The Morgan fingerprint density at radius 3 is 3.00 bits per heavy atom. The number of benzene rings is 1. The van der Waals surface area contributed by atoms with E-state index in [-0.39, 0.29) is 0 Å². The van der Waals surface area contributed by atoms with E-state index < -0.39 is 0 Å². The predicted molar refractivity (Wildman–Crippen MR) is 79.3 cm³/mol. The highest BCUT2D eigenvalue weighted by Gasteiger charge is 2.15. The van der Waals surface area contributed by atoms with E-state index in [9.17, 15) is 0 Å². The fraction of sp³-hybridized carbons (Fsp3) is 0.417. The minimum absolute atomic E-state index is 0.641. The second-order valence-corrected chi connectivity index (χ2v) is 6.14. The normalized spacial score (nSPS) is 17.1. The SMILES string of the molecule is Clc1cc(Cl)c2sc(N3CCCNCC3)nc2c1. The molecule has 1 N–H and O–H groups in total. The van der Waals surface area contributed by atoms with Crippen molar-refractivity contribution in [3.63, 3.8) is 0 Å². The van der Waals surface area contributed by atoms with E-state index >= 15 is 0 Å². The van der Waals surface area contributed by atoms with Crippen LogP contribution in [0.2, 0.25) is 10.0 Å². The second-order valence-electron chi connectivity index (χ2n) is 4.32. The van der Waals surface area contributed by atoms with Crippen LogP contribution >= 0.6 is 34.5 Å². The molecule has 3 rings (SSSR count). The van der Waals surface area contributed by atoms with Crippen molar-refractivity contribution in [2.24, 2.45) is 0 Å². The maximum Gasteiger partial charge on any atom is 0.186 e. The van der Waals surface area contributed by atoms with Crippen molar-refractivity contribution in [1.82, 2.24) is 10.3 Å². The molecule has 96 valence electrons. The zero-order valence-corrected chi connectivity index (χ0v) is 12.1. The van der Waals surface area contributed by atoms with Crippen molar-refractivity contribution < 1.29 is 0 Å². The van der Waals surface area contributed by atoms with Gasteiger partial charge in [0.05, 0.1) is 15.2 Å². The van der Waals surface area contributed by atoms with Gasteiger partial charge in [-0.15, -0.1) is 0 Å². The van der Waals surface area contributed by atoms with E-state index in [1.54, 1.807) is 17.4 Å². The summed E-state index contributed by atoms with van der Waals surface area (Å²) in [6.45, 7) is 4.11. The molecule has 0 spiro atoms. The highest BCUT2D eigenvalue weighted by Crippen LogP contribution is 2.36. The van der Waals surface area contributed by atoms with E-state index in [1.165, 1.54) is 0 Å². The Bertz CT molecular complexity index is 562. The van der Waals surface area contributed by atoms with Crippen molar-refractivity contribution >= 4 is 49.9 Å². The van der Waals surface area contributed by atoms with Crippen LogP contribution in [0.4, 0.5) is 5.13 Å². The first-order valence-corrected chi connectivity index (χ1v) is 7.52. The number of anilines is 1. The monoisotopic (exact) mass is 301 g/mol. The van der Waals surface area contributed by atoms with Crippen molar-refractivity contribution in [3.05, 3.63) is 22.2 Å². The number of hydrogen-bond donors (Lipinski definition) is 1. The lowest BCUT2D eigenvalue weighted by atomic mass is 10.3. The Labute approximate surface area is 120 Å². The average molecular weight is 302 g/mol. The molecule has 0 saturated carbocycles. The highest BCUT2D eigenvalue weighted by atomic mass is 35.5. The van der Waals surface area contributed by atoms with Gasteiger partial charge in [-0.05, 0) is 25.1 Å². The molecule has 1 saturated heterocycles. The fourth-order valence-corrected chi connectivity index (χ4v) is 3.72. The lowest BCUT2D eigenvalue weighted by Gasteiger charge is -2.17. The summed E-state index contributed by atoms with van der Waals surface area (Å²) in [7, 11) is 0. The first-order chi connectivity index (χ1) is 8.74. The van der Waals surface area contributed by atoms with Crippen LogP contribution in [0.25, 0.3) is 10.2 Å². The van der Waals surface area contributed by atoms with Gasteiger partial charge in [-0.3, -0.25) is 0 Å². The average Bonchev–Trinajstić information content (AvgIpc) is 2.59. The van der Waals surface area contributed by atoms with Crippen LogP contribution in [0.15, 0.2) is 12.1 Å². The number of thiazole rings is 1. The first kappa shape index (κ1) is 12.5. The quantitative estimate of drug-likeness (QED) is 0.875. The molecule has 3 nitrogen and oxygen atoms in total. The maximum atomic E-state index is 6.20. The zero-order chi connectivity index (χ0) is 12.5. The van der Waals surface area contributed by atoms with Crippen LogP contribution in [0, 0.1) is 0 Å². The lowest BCUT2D eigenvalue weighted by molar-refractivity contribution is 0.724. The summed E-state index contributed by atoms with van der Waals surface area (Å²) in [5.41, 5.74) is 0.893. The standard InChI is InChI=1S/C12H13Cl2N3S/c13-8-6-9(14)11-10(7-8)16-12(18-11)17-4-1-2-15-3-5-17/h6-7,15H,1-5H2. The van der Waals surface area contributed by atoms with Crippen LogP contribution < -0.4 is 10.2 Å². The summed E-state index contributed by atoms with van der Waals surface area (Å²) < 4.78 is 1.02.